The lowest BCUT2D eigenvalue weighted by molar-refractivity contribution is -0.123. The van der Waals surface area contributed by atoms with Crippen LogP contribution in [0.1, 0.15) is 39.5 Å². The van der Waals surface area contributed by atoms with Gasteiger partial charge in [0, 0.05) is 25.4 Å². The summed E-state index contributed by atoms with van der Waals surface area (Å²) in [5, 5.41) is 0. The molecule has 0 radical (unpaired) electrons. The molecule has 1 heterocycles. The van der Waals surface area contributed by atoms with E-state index in [4.69, 9.17) is 6.42 Å². The van der Waals surface area contributed by atoms with E-state index in [1.807, 2.05) is 0 Å². The highest BCUT2D eigenvalue weighted by Gasteiger charge is 2.27. The van der Waals surface area contributed by atoms with Gasteiger partial charge in [-0.2, -0.15) is 0 Å². The Morgan fingerprint density at radius 2 is 2.43 bits per heavy atom. The Morgan fingerprint density at radius 3 is 2.93 bits per heavy atom. The molecule has 2 atom stereocenters. The quantitative estimate of drug-likeness (QED) is 0.637. The van der Waals surface area contributed by atoms with Gasteiger partial charge < -0.3 is 0 Å². The van der Waals surface area contributed by atoms with Crippen LogP contribution in [0.25, 0.3) is 0 Å². The lowest BCUT2D eigenvalue weighted by Gasteiger charge is -2.36. The molecule has 1 rings (SSSR count). The molecule has 1 fully saturated rings. The normalized spacial score (nSPS) is 25.8. The van der Waals surface area contributed by atoms with Crippen molar-refractivity contribution in [2.75, 3.05) is 6.54 Å². The molecule has 78 valence electrons. The van der Waals surface area contributed by atoms with E-state index in [1.165, 1.54) is 0 Å². The molecule has 0 spiro atoms. The van der Waals surface area contributed by atoms with Crippen molar-refractivity contribution < 1.29 is 4.79 Å². The highest BCUT2D eigenvalue weighted by Crippen LogP contribution is 2.19. The van der Waals surface area contributed by atoms with Crippen molar-refractivity contribution in [3.05, 3.63) is 0 Å². The Labute approximate surface area is 86.7 Å². The van der Waals surface area contributed by atoms with E-state index in [-0.39, 0.29) is 6.04 Å². The van der Waals surface area contributed by atoms with Crippen LogP contribution in [-0.2, 0) is 4.79 Å². The predicted octanol–water partition coefficient (Wildman–Crippen LogP) is 1.84. The summed E-state index contributed by atoms with van der Waals surface area (Å²) in [5.41, 5.74) is 0. The van der Waals surface area contributed by atoms with Crippen LogP contribution in [0.5, 0.6) is 0 Å². The van der Waals surface area contributed by atoms with Gasteiger partial charge in [0.2, 0.25) is 0 Å². The van der Waals surface area contributed by atoms with Gasteiger partial charge in [-0.3, -0.25) is 9.69 Å². The van der Waals surface area contributed by atoms with Crippen LogP contribution >= 0.6 is 0 Å². The summed E-state index contributed by atoms with van der Waals surface area (Å²) >= 11 is 0. The fraction of sp³-hybridized carbons (Fsp3) is 0.750. The Balaban J connectivity index is 2.58. The second-order valence-corrected chi connectivity index (χ2v) is 4.05. The number of terminal acetylenes is 1. The highest BCUT2D eigenvalue weighted by atomic mass is 16.1. The Morgan fingerprint density at radius 1 is 1.71 bits per heavy atom. The molecule has 0 aromatic rings. The van der Waals surface area contributed by atoms with E-state index in [0.717, 1.165) is 19.4 Å². The molecule has 1 aliphatic heterocycles. The highest BCUT2D eigenvalue weighted by molar-refractivity contribution is 5.79. The molecule has 2 nitrogen and oxygen atoms in total. The Bertz CT molecular complexity index is 241. The molecule has 1 saturated heterocycles. The molecule has 1 aliphatic rings. The molecular formula is C12H19NO. The summed E-state index contributed by atoms with van der Waals surface area (Å²) < 4.78 is 0. The molecular weight excluding hydrogens is 174 g/mol. The van der Waals surface area contributed by atoms with E-state index < -0.39 is 0 Å². The van der Waals surface area contributed by atoms with Gasteiger partial charge in [0.05, 0.1) is 6.04 Å². The van der Waals surface area contributed by atoms with Crippen molar-refractivity contribution in [2.45, 2.75) is 51.6 Å². The lowest BCUT2D eigenvalue weighted by Crippen LogP contribution is -2.46. The average molecular weight is 193 g/mol. The minimum atomic E-state index is 0.225. The van der Waals surface area contributed by atoms with Gasteiger partial charge in [0.15, 0.2) is 0 Å². The zero-order chi connectivity index (χ0) is 10.6. The number of carbonyl (C=O) groups is 1. The van der Waals surface area contributed by atoms with Crippen LogP contribution in [0.2, 0.25) is 0 Å². The maximum absolute atomic E-state index is 11.2. The first kappa shape index (κ1) is 11.3. The summed E-state index contributed by atoms with van der Waals surface area (Å²) in [4.78, 5) is 13.5. The second kappa shape index (κ2) is 5.17. The summed E-state index contributed by atoms with van der Waals surface area (Å²) in [6.07, 6.45) is 8.99. The predicted molar refractivity (Wildman–Crippen MR) is 57.9 cm³/mol. The van der Waals surface area contributed by atoms with Crippen LogP contribution in [0.15, 0.2) is 0 Å². The topological polar surface area (TPSA) is 20.3 Å². The number of ketones is 1. The van der Waals surface area contributed by atoms with Crippen LogP contribution in [-0.4, -0.2) is 29.3 Å². The van der Waals surface area contributed by atoms with Crippen molar-refractivity contribution in [1.82, 2.24) is 4.90 Å². The third kappa shape index (κ3) is 2.59. The van der Waals surface area contributed by atoms with Gasteiger partial charge in [0.1, 0.15) is 5.78 Å². The van der Waals surface area contributed by atoms with Crippen molar-refractivity contribution in [1.29, 1.82) is 0 Å². The smallest absolute Gasteiger partial charge is 0.135 e. The summed E-state index contributed by atoms with van der Waals surface area (Å²) in [7, 11) is 0. The van der Waals surface area contributed by atoms with Gasteiger partial charge in [-0.15, -0.1) is 6.42 Å². The van der Waals surface area contributed by atoms with Crippen molar-refractivity contribution in [2.24, 2.45) is 0 Å². The first-order valence-corrected chi connectivity index (χ1v) is 5.42. The van der Waals surface area contributed by atoms with Crippen molar-refractivity contribution >= 4 is 5.78 Å². The summed E-state index contributed by atoms with van der Waals surface area (Å²) in [6, 6.07) is 0.548. The van der Waals surface area contributed by atoms with Crippen LogP contribution in [0.3, 0.4) is 0 Å². The van der Waals surface area contributed by atoms with Gasteiger partial charge in [-0.05, 0) is 13.3 Å². The van der Waals surface area contributed by atoms with Crippen molar-refractivity contribution in [3.63, 3.8) is 0 Å². The average Bonchev–Trinajstić information content (AvgIpc) is 2.15. The molecule has 0 aromatic carbocycles. The van der Waals surface area contributed by atoms with E-state index in [0.29, 0.717) is 24.7 Å². The minimum absolute atomic E-state index is 0.225. The number of likely N-dealkylation sites (tertiary alicyclic amines) is 1. The third-order valence-corrected chi connectivity index (χ3v) is 2.89. The zero-order valence-electron chi connectivity index (χ0n) is 9.12. The lowest BCUT2D eigenvalue weighted by atomic mass is 9.98. The number of nitrogens with zero attached hydrogens (tertiary/aromatic N) is 1. The van der Waals surface area contributed by atoms with Crippen LogP contribution in [0, 0.1) is 12.3 Å². The van der Waals surface area contributed by atoms with Gasteiger partial charge in [0.25, 0.3) is 0 Å². The maximum Gasteiger partial charge on any atom is 0.135 e. The Hall–Kier alpha value is -0.810. The second-order valence-electron chi connectivity index (χ2n) is 4.05. The number of piperidine rings is 1. The van der Waals surface area contributed by atoms with E-state index in [2.05, 4.69) is 24.7 Å². The molecule has 0 saturated carbocycles. The third-order valence-electron chi connectivity index (χ3n) is 2.89. The van der Waals surface area contributed by atoms with E-state index in [9.17, 15) is 4.79 Å². The van der Waals surface area contributed by atoms with Crippen molar-refractivity contribution in [3.8, 4) is 12.3 Å². The molecule has 0 aliphatic carbocycles. The summed E-state index contributed by atoms with van der Waals surface area (Å²) in [5.74, 6) is 3.21. The first-order valence-electron chi connectivity index (χ1n) is 5.42. The maximum atomic E-state index is 11.2. The van der Waals surface area contributed by atoms with Gasteiger partial charge >= 0.3 is 0 Å². The summed E-state index contributed by atoms with van der Waals surface area (Å²) in [6.45, 7) is 5.08. The number of carbonyl (C=O) groups excluding carboxylic acids is 1. The molecule has 2 heteroatoms. The first-order chi connectivity index (χ1) is 6.69. The molecule has 14 heavy (non-hydrogen) atoms. The monoisotopic (exact) mass is 193 g/mol. The number of hydrogen-bond acceptors (Lipinski definition) is 2. The number of rotatable bonds is 3. The molecule has 0 amide bonds. The Kier molecular flexibility index (Phi) is 4.16. The fourth-order valence-electron chi connectivity index (χ4n) is 2.10. The van der Waals surface area contributed by atoms with Gasteiger partial charge in [-0.1, -0.05) is 19.3 Å². The van der Waals surface area contributed by atoms with E-state index in [1.54, 1.807) is 0 Å². The van der Waals surface area contributed by atoms with Crippen LogP contribution in [0.4, 0.5) is 0 Å². The number of Topliss-reactive ketones (excluding diaryl/α,β-unsaturated/α-hetero) is 1. The van der Waals surface area contributed by atoms with Crippen LogP contribution < -0.4 is 0 Å². The van der Waals surface area contributed by atoms with Gasteiger partial charge in [-0.25, -0.2) is 0 Å². The van der Waals surface area contributed by atoms with E-state index >= 15 is 0 Å². The fourth-order valence-corrected chi connectivity index (χ4v) is 2.10. The molecule has 2 unspecified atom stereocenters. The molecule has 0 aromatic heterocycles. The number of hydrogen-bond donors (Lipinski definition) is 0. The molecule has 0 N–H and O–H groups in total. The molecule has 0 bridgehead atoms. The minimum Gasteiger partial charge on any atom is -0.300 e. The standard InChI is InChI=1S/C12H19NO/c1-4-6-11(5-2)13-8-7-12(14)9-10(13)3/h2,10-11H,4,6-9H2,1,3H3. The zero-order valence-corrected chi connectivity index (χ0v) is 9.12. The largest absolute Gasteiger partial charge is 0.300 e. The SMILES string of the molecule is C#CC(CCC)N1CCC(=O)CC1C.